The van der Waals surface area contributed by atoms with Crippen molar-refractivity contribution in [3.63, 3.8) is 0 Å². The number of nitrogens with one attached hydrogen (secondary N) is 1. The van der Waals surface area contributed by atoms with Gasteiger partial charge in [0.25, 0.3) is 0 Å². The largest absolute Gasteiger partial charge is 0.490 e. The van der Waals surface area contributed by atoms with E-state index in [9.17, 15) is 10.1 Å². The Morgan fingerprint density at radius 3 is 2.72 bits per heavy atom. The summed E-state index contributed by atoms with van der Waals surface area (Å²) >= 11 is 0. The van der Waals surface area contributed by atoms with E-state index in [1.54, 1.807) is 18.2 Å². The monoisotopic (exact) mass is 254 g/mol. The summed E-state index contributed by atoms with van der Waals surface area (Å²) in [7, 11) is 1.41. The van der Waals surface area contributed by atoms with Gasteiger partial charge in [0.05, 0.1) is 24.7 Å². The number of benzene rings is 1. The minimum absolute atomic E-state index is 0.0513. The zero-order chi connectivity index (χ0) is 13.5. The Morgan fingerprint density at radius 2 is 2.17 bits per heavy atom. The predicted octanol–water partition coefficient (Wildman–Crippen LogP) is 2.44. The van der Waals surface area contributed by atoms with Gasteiger partial charge in [0.1, 0.15) is 5.69 Å². The highest BCUT2D eigenvalue weighted by molar-refractivity contribution is 5.68. The zero-order valence-electron chi connectivity index (χ0n) is 10.8. The average molecular weight is 254 g/mol. The van der Waals surface area contributed by atoms with Crippen molar-refractivity contribution in [1.29, 1.82) is 0 Å². The molecular weight excluding hydrogens is 236 g/mol. The molecule has 0 fully saturated rings. The Morgan fingerprint density at radius 1 is 1.44 bits per heavy atom. The number of nitro benzene ring substituents is 1. The maximum Gasteiger partial charge on any atom is 0.333 e. The predicted molar refractivity (Wildman–Crippen MR) is 69.2 cm³/mol. The van der Waals surface area contributed by atoms with Crippen LogP contribution in [0, 0.1) is 10.1 Å². The average Bonchev–Trinajstić information content (AvgIpc) is 2.33. The minimum atomic E-state index is -0.454. The van der Waals surface area contributed by atoms with Gasteiger partial charge in [0, 0.05) is 6.54 Å². The first-order valence-electron chi connectivity index (χ1n) is 5.73. The lowest BCUT2D eigenvalue weighted by atomic mass is 10.2. The molecule has 1 aromatic rings. The normalized spacial score (nSPS) is 10.4. The molecule has 1 aromatic carbocycles. The van der Waals surface area contributed by atoms with Crippen molar-refractivity contribution in [3.8, 4) is 5.75 Å². The maximum absolute atomic E-state index is 11.0. The van der Waals surface area contributed by atoms with E-state index < -0.39 is 4.92 Å². The number of rotatable bonds is 7. The second-order valence-electron chi connectivity index (χ2n) is 3.96. The lowest BCUT2D eigenvalue weighted by molar-refractivity contribution is -0.384. The van der Waals surface area contributed by atoms with E-state index in [0.29, 0.717) is 18.8 Å². The molecule has 0 aliphatic heterocycles. The van der Waals surface area contributed by atoms with Crippen LogP contribution in [0.1, 0.15) is 13.8 Å². The summed E-state index contributed by atoms with van der Waals surface area (Å²) in [5.74, 6) is 0.245. The van der Waals surface area contributed by atoms with E-state index in [2.05, 4.69) is 5.32 Å². The van der Waals surface area contributed by atoms with Gasteiger partial charge in [0.2, 0.25) is 0 Å². The van der Waals surface area contributed by atoms with E-state index in [-0.39, 0.29) is 17.5 Å². The molecule has 0 aliphatic carbocycles. The molecule has 0 bridgehead atoms. The number of para-hydroxylation sites is 1. The first-order valence-corrected chi connectivity index (χ1v) is 5.73. The molecule has 0 aromatic heterocycles. The summed E-state index contributed by atoms with van der Waals surface area (Å²) in [5, 5.41) is 14.0. The third-order valence-corrected chi connectivity index (χ3v) is 2.27. The molecule has 1 rings (SSSR count). The van der Waals surface area contributed by atoms with Crippen LogP contribution in [0.2, 0.25) is 0 Å². The van der Waals surface area contributed by atoms with E-state index in [1.807, 2.05) is 13.8 Å². The van der Waals surface area contributed by atoms with Gasteiger partial charge in [0.15, 0.2) is 5.75 Å². The number of nitro groups is 1. The molecule has 0 amide bonds. The molecule has 0 unspecified atom stereocenters. The second kappa shape index (κ2) is 6.80. The number of methoxy groups -OCH3 is 1. The molecule has 0 atom stereocenters. The van der Waals surface area contributed by atoms with Crippen LogP contribution in [0.5, 0.6) is 5.75 Å². The van der Waals surface area contributed by atoms with Crippen molar-refractivity contribution in [2.24, 2.45) is 0 Å². The smallest absolute Gasteiger partial charge is 0.333 e. The van der Waals surface area contributed by atoms with Crippen LogP contribution in [0.4, 0.5) is 11.4 Å². The lowest BCUT2D eigenvalue weighted by Gasteiger charge is -2.11. The molecule has 1 N–H and O–H groups in total. The van der Waals surface area contributed by atoms with Crippen LogP contribution < -0.4 is 10.1 Å². The zero-order valence-corrected chi connectivity index (χ0v) is 10.8. The van der Waals surface area contributed by atoms with Gasteiger partial charge < -0.3 is 14.8 Å². The first kappa shape index (κ1) is 14.2. The topological polar surface area (TPSA) is 73.6 Å². The molecule has 0 saturated heterocycles. The van der Waals surface area contributed by atoms with Crippen molar-refractivity contribution in [3.05, 3.63) is 28.3 Å². The second-order valence-corrected chi connectivity index (χ2v) is 3.96. The van der Waals surface area contributed by atoms with E-state index in [4.69, 9.17) is 9.47 Å². The van der Waals surface area contributed by atoms with Crippen molar-refractivity contribution in [2.45, 2.75) is 20.0 Å². The summed E-state index contributed by atoms with van der Waals surface area (Å²) in [6.07, 6.45) is 0.145. The highest BCUT2D eigenvalue weighted by Crippen LogP contribution is 2.34. The fourth-order valence-corrected chi connectivity index (χ4v) is 1.50. The van der Waals surface area contributed by atoms with Gasteiger partial charge in [-0.05, 0) is 26.0 Å². The SMILES string of the molecule is COc1cccc(NCCOC(C)C)c1[N+](=O)[O-]. The third-order valence-electron chi connectivity index (χ3n) is 2.27. The van der Waals surface area contributed by atoms with Crippen LogP contribution in [0.15, 0.2) is 18.2 Å². The Labute approximate surface area is 106 Å². The number of anilines is 1. The van der Waals surface area contributed by atoms with Crippen molar-refractivity contribution >= 4 is 11.4 Å². The molecule has 0 saturated carbocycles. The Bertz CT molecular complexity index is 407. The lowest BCUT2D eigenvalue weighted by Crippen LogP contribution is -2.14. The van der Waals surface area contributed by atoms with Gasteiger partial charge in [-0.25, -0.2) is 0 Å². The molecular formula is C12H18N2O4. The van der Waals surface area contributed by atoms with Crippen LogP contribution in [-0.2, 0) is 4.74 Å². The van der Waals surface area contributed by atoms with Crippen LogP contribution >= 0.6 is 0 Å². The summed E-state index contributed by atoms with van der Waals surface area (Å²) < 4.78 is 10.3. The first-order chi connectivity index (χ1) is 8.56. The summed E-state index contributed by atoms with van der Waals surface area (Å²) in [6, 6.07) is 4.92. The molecule has 0 spiro atoms. The number of nitrogens with zero attached hydrogens (tertiary/aromatic N) is 1. The molecule has 6 heteroatoms. The summed E-state index contributed by atoms with van der Waals surface area (Å²) in [5.41, 5.74) is 0.385. The van der Waals surface area contributed by atoms with Crippen molar-refractivity contribution < 1.29 is 14.4 Å². The quantitative estimate of drug-likeness (QED) is 0.459. The highest BCUT2D eigenvalue weighted by atomic mass is 16.6. The fraction of sp³-hybridized carbons (Fsp3) is 0.500. The number of hydrogen-bond donors (Lipinski definition) is 1. The summed E-state index contributed by atoms with van der Waals surface area (Å²) in [6.45, 7) is 4.88. The van der Waals surface area contributed by atoms with Gasteiger partial charge in [-0.3, -0.25) is 10.1 Å². The Hall–Kier alpha value is -1.82. The van der Waals surface area contributed by atoms with Gasteiger partial charge in [-0.1, -0.05) is 6.07 Å². The standard InChI is InChI=1S/C12H18N2O4/c1-9(2)18-8-7-13-10-5-4-6-11(17-3)12(10)14(15)16/h4-6,9,13H,7-8H2,1-3H3. The number of ether oxygens (including phenoxy) is 2. The highest BCUT2D eigenvalue weighted by Gasteiger charge is 2.19. The van der Waals surface area contributed by atoms with Gasteiger partial charge >= 0.3 is 5.69 Å². The summed E-state index contributed by atoms with van der Waals surface area (Å²) in [4.78, 5) is 10.5. The molecule has 0 heterocycles. The minimum Gasteiger partial charge on any atom is -0.490 e. The molecule has 18 heavy (non-hydrogen) atoms. The maximum atomic E-state index is 11.0. The van der Waals surface area contributed by atoms with Gasteiger partial charge in [-0.15, -0.1) is 0 Å². The molecule has 0 radical (unpaired) electrons. The van der Waals surface area contributed by atoms with E-state index in [0.717, 1.165) is 0 Å². The molecule has 0 aliphatic rings. The molecule has 6 nitrogen and oxygen atoms in total. The Balaban J connectivity index is 2.72. The van der Waals surface area contributed by atoms with E-state index >= 15 is 0 Å². The van der Waals surface area contributed by atoms with Crippen LogP contribution in [0.3, 0.4) is 0 Å². The number of hydrogen-bond acceptors (Lipinski definition) is 5. The Kier molecular flexibility index (Phi) is 5.38. The van der Waals surface area contributed by atoms with Crippen molar-refractivity contribution in [1.82, 2.24) is 0 Å². The van der Waals surface area contributed by atoms with Crippen molar-refractivity contribution in [2.75, 3.05) is 25.6 Å². The van der Waals surface area contributed by atoms with Crippen LogP contribution in [0.25, 0.3) is 0 Å². The molecule has 100 valence electrons. The fourth-order valence-electron chi connectivity index (χ4n) is 1.50. The van der Waals surface area contributed by atoms with Crippen LogP contribution in [-0.4, -0.2) is 31.3 Å². The third kappa shape index (κ3) is 3.89. The van der Waals surface area contributed by atoms with E-state index in [1.165, 1.54) is 7.11 Å². The van der Waals surface area contributed by atoms with Gasteiger partial charge in [-0.2, -0.15) is 0 Å².